The molecule has 1 atom stereocenters. The molecule has 1 unspecified atom stereocenters. The molecule has 1 aromatic heterocycles. The molecule has 0 aliphatic carbocycles. The van der Waals surface area contributed by atoms with Crippen molar-refractivity contribution in [2.24, 2.45) is 5.92 Å². The van der Waals surface area contributed by atoms with Crippen LogP contribution >= 0.6 is 0 Å². The largest absolute Gasteiger partial charge is 0.396 e. The third-order valence-electron chi connectivity index (χ3n) is 2.99. The van der Waals surface area contributed by atoms with Gasteiger partial charge in [-0.1, -0.05) is 12.1 Å². The van der Waals surface area contributed by atoms with Crippen molar-refractivity contribution < 1.29 is 15.3 Å². The molecule has 4 heteroatoms. The summed E-state index contributed by atoms with van der Waals surface area (Å²) in [6.07, 6.45) is 2.88. The van der Waals surface area contributed by atoms with Gasteiger partial charge < -0.3 is 19.9 Å². The second kappa shape index (κ2) is 5.82. The topological polar surface area (TPSA) is 65.6 Å². The lowest BCUT2D eigenvalue weighted by atomic mass is 9.99. The van der Waals surface area contributed by atoms with Gasteiger partial charge in [-0.2, -0.15) is 0 Å². The van der Waals surface area contributed by atoms with Crippen molar-refractivity contribution in [2.45, 2.75) is 12.7 Å². The molecule has 0 radical (unpaired) electrons. The van der Waals surface area contributed by atoms with Crippen LogP contribution in [-0.2, 0) is 6.42 Å². The molecule has 1 aromatic carbocycles. The summed E-state index contributed by atoms with van der Waals surface area (Å²) in [5.74, 6) is -0.539. The molecule has 0 aliphatic rings. The number of aromatic nitrogens is 1. The fourth-order valence-corrected chi connectivity index (χ4v) is 1.88. The molecule has 4 nitrogen and oxygen atoms in total. The molecule has 0 aliphatic heterocycles. The summed E-state index contributed by atoms with van der Waals surface area (Å²) in [7, 11) is 0. The third kappa shape index (κ3) is 2.98. The first-order valence-corrected chi connectivity index (χ1v) is 5.90. The van der Waals surface area contributed by atoms with Crippen molar-refractivity contribution in [1.29, 1.82) is 0 Å². The van der Waals surface area contributed by atoms with E-state index in [4.69, 9.17) is 15.3 Å². The van der Waals surface area contributed by atoms with Gasteiger partial charge in [0.2, 0.25) is 0 Å². The number of hydrogen-bond donors (Lipinski definition) is 3. The van der Waals surface area contributed by atoms with Gasteiger partial charge in [-0.15, -0.1) is 0 Å². The SMILES string of the molecule is OCC(Cc1ccc(-n2cccc2)cc1)C(O)O. The number of aliphatic hydroxyl groups is 3. The minimum atomic E-state index is -1.49. The molecule has 2 aromatic rings. The van der Waals surface area contributed by atoms with Crippen LogP contribution in [0, 0.1) is 5.92 Å². The van der Waals surface area contributed by atoms with E-state index in [9.17, 15) is 0 Å². The maximum atomic E-state index is 9.07. The maximum Gasteiger partial charge on any atom is 0.156 e. The fraction of sp³-hybridized carbons (Fsp3) is 0.286. The van der Waals surface area contributed by atoms with Crippen molar-refractivity contribution in [3.8, 4) is 5.69 Å². The Labute approximate surface area is 106 Å². The molecule has 18 heavy (non-hydrogen) atoms. The predicted octanol–water partition coefficient (Wildman–Crippen LogP) is 0.939. The molecule has 2 rings (SSSR count). The maximum absolute atomic E-state index is 9.07. The Hall–Kier alpha value is -1.62. The summed E-state index contributed by atoms with van der Waals surface area (Å²) in [5.41, 5.74) is 2.02. The van der Waals surface area contributed by atoms with Gasteiger partial charge in [-0.05, 0) is 36.2 Å². The van der Waals surface area contributed by atoms with Crippen LogP contribution in [0.4, 0.5) is 0 Å². The number of benzene rings is 1. The third-order valence-corrected chi connectivity index (χ3v) is 2.99. The van der Waals surface area contributed by atoms with E-state index in [-0.39, 0.29) is 6.61 Å². The summed E-state index contributed by atoms with van der Waals surface area (Å²) in [5, 5.41) is 27.2. The number of nitrogens with zero attached hydrogens (tertiary/aromatic N) is 1. The van der Waals surface area contributed by atoms with Crippen molar-refractivity contribution in [3.05, 3.63) is 54.4 Å². The highest BCUT2D eigenvalue weighted by molar-refractivity contribution is 5.35. The summed E-state index contributed by atoms with van der Waals surface area (Å²) < 4.78 is 1.99. The smallest absolute Gasteiger partial charge is 0.156 e. The van der Waals surface area contributed by atoms with Crippen molar-refractivity contribution in [3.63, 3.8) is 0 Å². The van der Waals surface area contributed by atoms with Gasteiger partial charge in [-0.25, -0.2) is 0 Å². The zero-order valence-electron chi connectivity index (χ0n) is 9.98. The van der Waals surface area contributed by atoms with Crippen LogP contribution in [0.2, 0.25) is 0 Å². The minimum absolute atomic E-state index is 0.239. The zero-order chi connectivity index (χ0) is 13.0. The second-order valence-electron chi connectivity index (χ2n) is 4.32. The first kappa shape index (κ1) is 12.8. The fourth-order valence-electron chi connectivity index (χ4n) is 1.88. The molecule has 1 heterocycles. The summed E-state index contributed by atoms with van der Waals surface area (Å²) >= 11 is 0. The van der Waals surface area contributed by atoms with E-state index in [0.29, 0.717) is 6.42 Å². The van der Waals surface area contributed by atoms with Crippen LogP contribution in [0.1, 0.15) is 5.56 Å². The number of rotatable bonds is 5. The monoisotopic (exact) mass is 247 g/mol. The second-order valence-corrected chi connectivity index (χ2v) is 4.32. The number of hydrogen-bond acceptors (Lipinski definition) is 3. The normalized spacial score (nSPS) is 12.9. The first-order valence-electron chi connectivity index (χ1n) is 5.90. The van der Waals surface area contributed by atoms with Crippen LogP contribution in [0.15, 0.2) is 48.8 Å². The standard InChI is InChI=1S/C14H17NO3/c16-10-12(14(17)18)9-11-3-5-13(6-4-11)15-7-1-2-8-15/h1-8,12,14,16-18H,9-10H2. The van der Waals surface area contributed by atoms with E-state index >= 15 is 0 Å². The van der Waals surface area contributed by atoms with Gasteiger partial charge in [0.1, 0.15) is 0 Å². The van der Waals surface area contributed by atoms with E-state index in [2.05, 4.69) is 0 Å². The van der Waals surface area contributed by atoms with Gasteiger partial charge in [0.15, 0.2) is 6.29 Å². The van der Waals surface area contributed by atoms with Crippen LogP contribution in [0.25, 0.3) is 5.69 Å². The Balaban J connectivity index is 2.08. The van der Waals surface area contributed by atoms with Gasteiger partial charge in [0.05, 0.1) is 6.61 Å². The Bertz CT molecular complexity index is 462. The van der Waals surface area contributed by atoms with E-state index in [1.807, 2.05) is 53.4 Å². The van der Waals surface area contributed by atoms with Gasteiger partial charge in [-0.3, -0.25) is 0 Å². The Morgan fingerprint density at radius 2 is 1.61 bits per heavy atom. The van der Waals surface area contributed by atoms with Gasteiger partial charge >= 0.3 is 0 Å². The Kier molecular flexibility index (Phi) is 4.15. The average molecular weight is 247 g/mol. The molecular formula is C14H17NO3. The van der Waals surface area contributed by atoms with E-state index < -0.39 is 12.2 Å². The molecule has 0 saturated heterocycles. The van der Waals surface area contributed by atoms with Crippen LogP contribution in [-0.4, -0.2) is 32.8 Å². The first-order chi connectivity index (χ1) is 8.70. The molecule has 0 saturated carbocycles. The predicted molar refractivity (Wildman–Crippen MR) is 68.3 cm³/mol. The average Bonchev–Trinajstić information content (AvgIpc) is 2.90. The lowest BCUT2D eigenvalue weighted by Gasteiger charge is -2.16. The van der Waals surface area contributed by atoms with Gasteiger partial charge in [0.25, 0.3) is 0 Å². The highest BCUT2D eigenvalue weighted by atomic mass is 16.5. The molecular weight excluding hydrogens is 230 g/mol. The van der Waals surface area contributed by atoms with Crippen LogP contribution in [0.3, 0.4) is 0 Å². The molecule has 0 bridgehead atoms. The van der Waals surface area contributed by atoms with Gasteiger partial charge in [0, 0.05) is 24.0 Å². The molecule has 0 amide bonds. The molecule has 0 fully saturated rings. The van der Waals surface area contributed by atoms with Crippen molar-refractivity contribution in [2.75, 3.05) is 6.61 Å². The van der Waals surface area contributed by atoms with E-state index in [1.54, 1.807) is 0 Å². The lowest BCUT2D eigenvalue weighted by molar-refractivity contribution is -0.0959. The zero-order valence-corrected chi connectivity index (χ0v) is 9.98. The highest BCUT2D eigenvalue weighted by Crippen LogP contribution is 2.14. The summed E-state index contributed by atoms with van der Waals surface area (Å²) in [6, 6.07) is 11.7. The minimum Gasteiger partial charge on any atom is -0.396 e. The van der Waals surface area contributed by atoms with Crippen molar-refractivity contribution >= 4 is 0 Å². The quantitative estimate of drug-likeness (QED) is 0.689. The highest BCUT2D eigenvalue weighted by Gasteiger charge is 2.15. The van der Waals surface area contributed by atoms with Crippen LogP contribution < -0.4 is 0 Å². The summed E-state index contributed by atoms with van der Waals surface area (Å²) in [4.78, 5) is 0. The summed E-state index contributed by atoms with van der Waals surface area (Å²) in [6.45, 7) is -0.239. The molecule has 3 N–H and O–H groups in total. The number of aliphatic hydroxyl groups excluding tert-OH is 2. The lowest BCUT2D eigenvalue weighted by Crippen LogP contribution is -2.25. The molecule has 96 valence electrons. The van der Waals surface area contributed by atoms with Crippen molar-refractivity contribution in [1.82, 2.24) is 4.57 Å². The Morgan fingerprint density at radius 1 is 1.00 bits per heavy atom. The van der Waals surface area contributed by atoms with E-state index in [1.165, 1.54) is 0 Å². The van der Waals surface area contributed by atoms with E-state index in [0.717, 1.165) is 11.3 Å². The molecule has 0 spiro atoms. The Morgan fingerprint density at radius 3 is 2.11 bits per heavy atom. The van der Waals surface area contributed by atoms with Crippen LogP contribution in [0.5, 0.6) is 0 Å².